The van der Waals surface area contributed by atoms with E-state index in [0.717, 1.165) is 38.8 Å². The van der Waals surface area contributed by atoms with Gasteiger partial charge in [0.25, 0.3) is 5.91 Å². The first-order chi connectivity index (χ1) is 11.5. The van der Waals surface area contributed by atoms with Gasteiger partial charge in [-0.2, -0.15) is 4.31 Å². The van der Waals surface area contributed by atoms with Crippen molar-refractivity contribution in [2.24, 2.45) is 0 Å². The largest absolute Gasteiger partial charge is 0.348 e. The zero-order chi connectivity index (χ0) is 17.2. The van der Waals surface area contributed by atoms with Gasteiger partial charge in [-0.05, 0) is 50.9 Å². The average Bonchev–Trinajstić information content (AvgIpc) is 3.08. The van der Waals surface area contributed by atoms with Gasteiger partial charge in [-0.25, -0.2) is 8.42 Å². The van der Waals surface area contributed by atoms with Gasteiger partial charge in [0, 0.05) is 30.7 Å². The van der Waals surface area contributed by atoms with Gasteiger partial charge in [0.15, 0.2) is 0 Å². The molecule has 0 aliphatic carbocycles. The summed E-state index contributed by atoms with van der Waals surface area (Å²) in [5.74, 6) is -0.215. The molecule has 2 saturated heterocycles. The van der Waals surface area contributed by atoms with Gasteiger partial charge >= 0.3 is 0 Å². The maximum absolute atomic E-state index is 12.9. The molecule has 2 unspecified atom stereocenters. The number of sulfonamides is 1. The summed E-state index contributed by atoms with van der Waals surface area (Å²) < 4.78 is 27.4. The van der Waals surface area contributed by atoms with Gasteiger partial charge in [-0.15, -0.1) is 0 Å². The molecular formula is C17H25N3O3S. The minimum absolute atomic E-state index is 0.00537. The van der Waals surface area contributed by atoms with Crippen LogP contribution in [-0.2, 0) is 10.0 Å². The Morgan fingerprint density at radius 3 is 2.83 bits per heavy atom. The van der Waals surface area contributed by atoms with Gasteiger partial charge < -0.3 is 10.6 Å². The van der Waals surface area contributed by atoms with Crippen molar-refractivity contribution in [2.75, 3.05) is 19.6 Å². The number of carbonyl (C=O) groups excluding carboxylic acids is 1. The van der Waals surface area contributed by atoms with E-state index in [1.54, 1.807) is 22.5 Å². The number of rotatable bonds is 4. The third kappa shape index (κ3) is 3.63. The number of piperidine rings is 1. The lowest BCUT2D eigenvalue weighted by atomic mass is 10.1. The van der Waals surface area contributed by atoms with Crippen molar-refractivity contribution >= 4 is 15.9 Å². The quantitative estimate of drug-likeness (QED) is 0.858. The molecule has 1 aromatic rings. The van der Waals surface area contributed by atoms with E-state index in [1.165, 1.54) is 6.07 Å². The Morgan fingerprint density at radius 1 is 1.29 bits per heavy atom. The average molecular weight is 351 g/mol. The summed E-state index contributed by atoms with van der Waals surface area (Å²) in [4.78, 5) is 12.6. The van der Waals surface area contributed by atoms with Crippen LogP contribution in [0.5, 0.6) is 0 Å². The second kappa shape index (κ2) is 7.21. The molecule has 0 aromatic heterocycles. The van der Waals surface area contributed by atoms with Gasteiger partial charge in [-0.3, -0.25) is 4.79 Å². The first-order valence-corrected chi connectivity index (χ1v) is 10.1. The van der Waals surface area contributed by atoms with Crippen LogP contribution >= 0.6 is 0 Å². The number of hydrogen-bond acceptors (Lipinski definition) is 4. The molecule has 1 aromatic carbocycles. The highest BCUT2D eigenvalue weighted by molar-refractivity contribution is 7.89. The van der Waals surface area contributed by atoms with Crippen LogP contribution in [0.3, 0.4) is 0 Å². The van der Waals surface area contributed by atoms with E-state index in [9.17, 15) is 13.2 Å². The third-order valence-corrected chi connectivity index (χ3v) is 6.85. The number of carbonyl (C=O) groups is 1. The number of hydrogen-bond donors (Lipinski definition) is 2. The molecule has 2 N–H and O–H groups in total. The molecule has 7 heteroatoms. The number of amides is 1. The molecule has 1 amide bonds. The Balaban J connectivity index is 1.80. The van der Waals surface area contributed by atoms with Crippen molar-refractivity contribution in [1.82, 2.24) is 14.9 Å². The molecule has 3 rings (SSSR count). The number of nitrogens with zero attached hydrogens (tertiary/aromatic N) is 1. The second-order valence-electron chi connectivity index (χ2n) is 6.65. The fraction of sp³-hybridized carbons (Fsp3) is 0.588. The van der Waals surface area contributed by atoms with E-state index in [2.05, 4.69) is 10.6 Å². The number of benzene rings is 1. The van der Waals surface area contributed by atoms with Gasteiger partial charge in [-0.1, -0.05) is 12.5 Å². The lowest BCUT2D eigenvalue weighted by Crippen LogP contribution is -2.42. The van der Waals surface area contributed by atoms with Crippen molar-refractivity contribution < 1.29 is 13.2 Å². The summed E-state index contributed by atoms with van der Waals surface area (Å²) in [6, 6.07) is 6.49. The minimum atomic E-state index is -3.55. The van der Waals surface area contributed by atoms with Crippen LogP contribution in [0.15, 0.2) is 29.2 Å². The summed E-state index contributed by atoms with van der Waals surface area (Å²) in [6.45, 7) is 4.15. The first kappa shape index (κ1) is 17.4. The van der Waals surface area contributed by atoms with Crippen molar-refractivity contribution in [3.63, 3.8) is 0 Å². The molecule has 2 atom stereocenters. The summed E-state index contributed by atoms with van der Waals surface area (Å²) in [7, 11) is -3.55. The van der Waals surface area contributed by atoms with E-state index in [1.807, 2.05) is 6.92 Å². The smallest absolute Gasteiger partial charge is 0.251 e. The highest BCUT2D eigenvalue weighted by atomic mass is 32.2. The Kier molecular flexibility index (Phi) is 5.22. The standard InChI is InChI=1S/C17H25N3O3S/c1-13-5-2-3-10-20(13)24(22,23)16-7-4-6-14(11-16)17(21)19-15-8-9-18-12-15/h4,6-7,11,13,15,18H,2-3,5,8-10,12H2,1H3,(H,19,21). The van der Waals surface area contributed by atoms with Crippen LogP contribution in [-0.4, -0.2) is 50.3 Å². The Morgan fingerprint density at radius 2 is 2.12 bits per heavy atom. The Labute approximate surface area is 143 Å². The molecule has 2 aliphatic rings. The van der Waals surface area contributed by atoms with Crippen LogP contribution in [0.1, 0.15) is 43.0 Å². The van der Waals surface area contributed by atoms with Crippen LogP contribution in [0.4, 0.5) is 0 Å². The molecule has 2 aliphatic heterocycles. The predicted octanol–water partition coefficient (Wildman–Crippen LogP) is 1.34. The van der Waals surface area contributed by atoms with E-state index >= 15 is 0 Å². The Bertz CT molecular complexity index is 699. The maximum Gasteiger partial charge on any atom is 0.251 e. The van der Waals surface area contributed by atoms with Crippen LogP contribution in [0, 0.1) is 0 Å². The molecule has 6 nitrogen and oxygen atoms in total. The number of nitrogens with one attached hydrogen (secondary N) is 2. The lowest BCUT2D eigenvalue weighted by molar-refractivity contribution is 0.0940. The monoisotopic (exact) mass is 351 g/mol. The molecule has 0 spiro atoms. The molecule has 2 heterocycles. The van der Waals surface area contributed by atoms with Crippen molar-refractivity contribution in [1.29, 1.82) is 0 Å². The zero-order valence-corrected chi connectivity index (χ0v) is 14.8. The van der Waals surface area contributed by atoms with Crippen molar-refractivity contribution in [3.05, 3.63) is 29.8 Å². The molecule has 132 valence electrons. The van der Waals surface area contributed by atoms with Gasteiger partial charge in [0.1, 0.15) is 0 Å². The molecular weight excluding hydrogens is 326 g/mol. The predicted molar refractivity (Wildman–Crippen MR) is 92.4 cm³/mol. The highest BCUT2D eigenvalue weighted by Gasteiger charge is 2.31. The fourth-order valence-corrected chi connectivity index (χ4v) is 5.15. The maximum atomic E-state index is 12.9. The summed E-state index contributed by atoms with van der Waals surface area (Å²) in [5, 5.41) is 6.15. The highest BCUT2D eigenvalue weighted by Crippen LogP contribution is 2.25. The normalized spacial score (nSPS) is 25.5. The molecule has 24 heavy (non-hydrogen) atoms. The van der Waals surface area contributed by atoms with Gasteiger partial charge in [0.05, 0.1) is 4.90 Å². The van der Waals surface area contributed by atoms with Crippen LogP contribution < -0.4 is 10.6 Å². The van der Waals surface area contributed by atoms with E-state index in [4.69, 9.17) is 0 Å². The van der Waals surface area contributed by atoms with Crippen LogP contribution in [0.2, 0.25) is 0 Å². The van der Waals surface area contributed by atoms with E-state index in [-0.39, 0.29) is 22.9 Å². The first-order valence-electron chi connectivity index (χ1n) is 8.62. The minimum Gasteiger partial charge on any atom is -0.348 e. The summed E-state index contributed by atoms with van der Waals surface area (Å²) in [5.41, 5.74) is 0.396. The fourth-order valence-electron chi connectivity index (χ4n) is 3.41. The molecule has 2 fully saturated rings. The zero-order valence-electron chi connectivity index (χ0n) is 14.0. The lowest BCUT2D eigenvalue weighted by Gasteiger charge is -2.32. The summed E-state index contributed by atoms with van der Waals surface area (Å²) >= 11 is 0. The summed E-state index contributed by atoms with van der Waals surface area (Å²) in [6.07, 6.45) is 3.73. The topological polar surface area (TPSA) is 78.5 Å². The van der Waals surface area contributed by atoms with Gasteiger partial charge in [0.2, 0.25) is 10.0 Å². The molecule has 0 bridgehead atoms. The second-order valence-corrected chi connectivity index (χ2v) is 8.54. The van der Waals surface area contributed by atoms with E-state index < -0.39 is 10.0 Å². The van der Waals surface area contributed by atoms with Crippen molar-refractivity contribution in [2.45, 2.75) is 49.6 Å². The molecule has 0 radical (unpaired) electrons. The van der Waals surface area contributed by atoms with E-state index in [0.29, 0.717) is 12.1 Å². The SMILES string of the molecule is CC1CCCCN1S(=O)(=O)c1cccc(C(=O)NC2CCNC2)c1. The third-order valence-electron chi connectivity index (χ3n) is 4.84. The van der Waals surface area contributed by atoms with Crippen molar-refractivity contribution in [3.8, 4) is 0 Å². The Hall–Kier alpha value is -1.44. The van der Waals surface area contributed by atoms with Crippen LogP contribution in [0.25, 0.3) is 0 Å². The molecule has 0 saturated carbocycles.